The van der Waals surface area contributed by atoms with Crippen molar-refractivity contribution in [2.45, 2.75) is 42.7 Å². The van der Waals surface area contributed by atoms with E-state index in [0.717, 1.165) is 23.3 Å². The van der Waals surface area contributed by atoms with Crippen LogP contribution in [0.2, 0.25) is 0 Å². The minimum Gasteiger partial charge on any atom is -0.372 e. The number of thiophene rings is 1. The Balaban J connectivity index is 1.86. The van der Waals surface area contributed by atoms with Crippen LogP contribution in [0.5, 0.6) is 0 Å². The third-order valence-electron chi connectivity index (χ3n) is 3.94. The van der Waals surface area contributed by atoms with Gasteiger partial charge in [0.15, 0.2) is 0 Å². The molecule has 3 heterocycles. The lowest BCUT2D eigenvalue weighted by molar-refractivity contribution is -0.0114. The molecule has 7 heteroatoms. The number of nitrogens with zero attached hydrogens (tertiary/aromatic N) is 1. The Morgan fingerprint density at radius 1 is 1.40 bits per heavy atom. The minimum atomic E-state index is -3.36. The molecular formula is C13H20N2O3S2. The SMILES string of the molecule is CNCc1sc(S(=O)(=O)N2CC3CCC(C2)O3)cc1C. The molecule has 2 saturated heterocycles. The van der Waals surface area contributed by atoms with Crippen LogP contribution in [0.4, 0.5) is 0 Å². The van der Waals surface area contributed by atoms with E-state index in [1.165, 1.54) is 11.3 Å². The molecule has 0 spiro atoms. The van der Waals surface area contributed by atoms with Crippen molar-refractivity contribution < 1.29 is 13.2 Å². The highest BCUT2D eigenvalue weighted by Crippen LogP contribution is 2.33. The summed E-state index contributed by atoms with van der Waals surface area (Å²) in [6, 6.07) is 1.80. The molecular weight excluding hydrogens is 296 g/mol. The lowest BCUT2D eigenvalue weighted by Gasteiger charge is -2.30. The van der Waals surface area contributed by atoms with Gasteiger partial charge in [0.05, 0.1) is 12.2 Å². The molecule has 20 heavy (non-hydrogen) atoms. The molecule has 112 valence electrons. The van der Waals surface area contributed by atoms with Gasteiger partial charge in [0.2, 0.25) is 0 Å². The molecule has 0 amide bonds. The van der Waals surface area contributed by atoms with Crippen molar-refractivity contribution >= 4 is 21.4 Å². The third-order valence-corrected chi connectivity index (χ3v) is 7.46. The van der Waals surface area contributed by atoms with E-state index in [9.17, 15) is 8.42 Å². The highest BCUT2D eigenvalue weighted by atomic mass is 32.2. The monoisotopic (exact) mass is 316 g/mol. The van der Waals surface area contributed by atoms with E-state index < -0.39 is 10.0 Å². The van der Waals surface area contributed by atoms with Gasteiger partial charge in [-0.25, -0.2) is 8.42 Å². The largest absolute Gasteiger partial charge is 0.372 e. The van der Waals surface area contributed by atoms with Crippen molar-refractivity contribution in [3.8, 4) is 0 Å². The maximum atomic E-state index is 12.7. The summed E-state index contributed by atoms with van der Waals surface area (Å²) in [6.07, 6.45) is 2.12. The second-order valence-corrected chi connectivity index (χ2v) is 8.78. The van der Waals surface area contributed by atoms with Gasteiger partial charge in [-0.05, 0) is 38.4 Å². The van der Waals surface area contributed by atoms with Gasteiger partial charge in [0, 0.05) is 24.5 Å². The van der Waals surface area contributed by atoms with Crippen LogP contribution < -0.4 is 5.32 Å². The number of sulfonamides is 1. The zero-order valence-electron chi connectivity index (χ0n) is 11.8. The minimum absolute atomic E-state index is 0.0846. The number of hydrogen-bond acceptors (Lipinski definition) is 5. The van der Waals surface area contributed by atoms with Crippen LogP contribution in [-0.2, 0) is 21.3 Å². The van der Waals surface area contributed by atoms with Crippen LogP contribution in [0, 0.1) is 6.92 Å². The standard InChI is InChI=1S/C13H20N2O3S2/c1-9-5-13(19-12(9)6-14-2)20(16,17)15-7-10-3-4-11(8-15)18-10/h5,10-11,14H,3-4,6-8H2,1-2H3. The van der Waals surface area contributed by atoms with E-state index in [1.54, 1.807) is 10.4 Å². The van der Waals surface area contributed by atoms with E-state index in [1.807, 2.05) is 14.0 Å². The zero-order chi connectivity index (χ0) is 14.3. The smallest absolute Gasteiger partial charge is 0.252 e. The Morgan fingerprint density at radius 2 is 2.05 bits per heavy atom. The van der Waals surface area contributed by atoms with Crippen LogP contribution in [0.3, 0.4) is 0 Å². The summed E-state index contributed by atoms with van der Waals surface area (Å²) in [4.78, 5) is 1.09. The van der Waals surface area contributed by atoms with Crippen molar-refractivity contribution in [1.29, 1.82) is 0 Å². The molecule has 2 unspecified atom stereocenters. The van der Waals surface area contributed by atoms with Crippen LogP contribution in [0.1, 0.15) is 23.3 Å². The Kier molecular flexibility index (Phi) is 3.89. The maximum Gasteiger partial charge on any atom is 0.252 e. The predicted octanol–water partition coefficient (Wildman–Crippen LogP) is 1.33. The summed E-state index contributed by atoms with van der Waals surface area (Å²) in [5, 5.41) is 3.08. The molecule has 0 aromatic carbocycles. The molecule has 1 N–H and O–H groups in total. The van der Waals surface area contributed by atoms with Gasteiger partial charge in [-0.3, -0.25) is 0 Å². The molecule has 0 aliphatic carbocycles. The van der Waals surface area contributed by atoms with Gasteiger partial charge in [0.1, 0.15) is 4.21 Å². The Bertz CT molecular complexity index is 585. The second-order valence-electron chi connectivity index (χ2n) is 5.48. The Morgan fingerprint density at radius 3 is 2.65 bits per heavy atom. The average Bonchev–Trinajstić information content (AvgIpc) is 2.94. The van der Waals surface area contributed by atoms with Gasteiger partial charge in [-0.15, -0.1) is 11.3 Å². The Hall–Kier alpha value is -0.470. The molecule has 0 saturated carbocycles. The fourth-order valence-corrected chi connectivity index (χ4v) is 6.11. The molecule has 3 rings (SSSR count). The fraction of sp³-hybridized carbons (Fsp3) is 0.692. The molecule has 1 aromatic rings. The number of fused-ring (bicyclic) bond motifs is 2. The van der Waals surface area contributed by atoms with Crippen molar-refractivity contribution in [3.63, 3.8) is 0 Å². The molecule has 2 aliphatic heterocycles. The van der Waals surface area contributed by atoms with E-state index in [0.29, 0.717) is 23.8 Å². The van der Waals surface area contributed by atoms with Gasteiger partial charge in [-0.1, -0.05) is 0 Å². The first-order chi connectivity index (χ1) is 9.50. The zero-order valence-corrected chi connectivity index (χ0v) is 13.4. The van der Waals surface area contributed by atoms with Gasteiger partial charge in [-0.2, -0.15) is 4.31 Å². The van der Waals surface area contributed by atoms with Crippen LogP contribution in [-0.4, -0.2) is 45.1 Å². The van der Waals surface area contributed by atoms with Crippen LogP contribution in [0.25, 0.3) is 0 Å². The molecule has 2 atom stereocenters. The van der Waals surface area contributed by atoms with E-state index in [4.69, 9.17) is 4.74 Å². The Labute approximate surface area is 124 Å². The van der Waals surface area contributed by atoms with Crippen LogP contribution >= 0.6 is 11.3 Å². The topological polar surface area (TPSA) is 58.6 Å². The van der Waals surface area contributed by atoms with E-state index >= 15 is 0 Å². The van der Waals surface area contributed by atoms with Crippen molar-refractivity contribution in [3.05, 3.63) is 16.5 Å². The van der Waals surface area contributed by atoms with E-state index in [2.05, 4.69) is 5.32 Å². The highest BCUT2D eigenvalue weighted by molar-refractivity contribution is 7.91. The second kappa shape index (κ2) is 5.38. The first-order valence-electron chi connectivity index (χ1n) is 6.90. The number of morpholine rings is 1. The number of ether oxygens (including phenoxy) is 1. The van der Waals surface area contributed by atoms with Gasteiger partial charge < -0.3 is 10.1 Å². The summed E-state index contributed by atoms with van der Waals surface area (Å²) in [5.74, 6) is 0. The summed E-state index contributed by atoms with van der Waals surface area (Å²) < 4.78 is 33.3. The lowest BCUT2D eigenvalue weighted by atomic mass is 10.2. The lowest BCUT2D eigenvalue weighted by Crippen LogP contribution is -2.45. The van der Waals surface area contributed by atoms with Crippen LogP contribution in [0.15, 0.2) is 10.3 Å². The summed E-state index contributed by atoms with van der Waals surface area (Å²) in [6.45, 7) is 3.67. The first-order valence-corrected chi connectivity index (χ1v) is 9.16. The number of hydrogen-bond donors (Lipinski definition) is 1. The van der Waals surface area contributed by atoms with E-state index in [-0.39, 0.29) is 12.2 Å². The van der Waals surface area contributed by atoms with Gasteiger partial charge >= 0.3 is 0 Å². The molecule has 2 fully saturated rings. The van der Waals surface area contributed by atoms with Crippen molar-refractivity contribution in [2.24, 2.45) is 0 Å². The van der Waals surface area contributed by atoms with Crippen molar-refractivity contribution in [1.82, 2.24) is 9.62 Å². The number of nitrogens with one attached hydrogen (secondary N) is 1. The number of rotatable bonds is 4. The summed E-state index contributed by atoms with van der Waals surface area (Å²) in [7, 11) is -1.50. The highest BCUT2D eigenvalue weighted by Gasteiger charge is 2.39. The van der Waals surface area contributed by atoms with Crippen molar-refractivity contribution in [2.75, 3.05) is 20.1 Å². The van der Waals surface area contributed by atoms with Gasteiger partial charge in [0.25, 0.3) is 10.0 Å². The maximum absolute atomic E-state index is 12.7. The summed E-state index contributed by atoms with van der Waals surface area (Å²) in [5.41, 5.74) is 1.04. The fourth-order valence-electron chi connectivity index (χ4n) is 2.85. The molecule has 2 aliphatic rings. The average molecular weight is 316 g/mol. The number of aryl methyl sites for hydroxylation is 1. The third kappa shape index (κ3) is 2.53. The quantitative estimate of drug-likeness (QED) is 0.910. The first kappa shape index (κ1) is 14.5. The molecule has 2 bridgehead atoms. The molecule has 0 radical (unpaired) electrons. The molecule has 1 aromatic heterocycles. The molecule has 5 nitrogen and oxygen atoms in total. The predicted molar refractivity (Wildman–Crippen MR) is 78.5 cm³/mol. The summed E-state index contributed by atoms with van der Waals surface area (Å²) >= 11 is 1.37. The normalized spacial score (nSPS) is 27.1.